The van der Waals surface area contributed by atoms with Gasteiger partial charge in [-0.1, -0.05) is 0 Å². The molecule has 0 heterocycles. The largest absolute Gasteiger partial charge is 0.490 e. The van der Waals surface area contributed by atoms with Gasteiger partial charge in [-0.3, -0.25) is 4.79 Å². The van der Waals surface area contributed by atoms with Gasteiger partial charge >= 0.3 is 18.1 Å². The molecule has 3 unspecified atom stereocenters. The van der Waals surface area contributed by atoms with Crippen LogP contribution in [0, 0.1) is 0 Å². The van der Waals surface area contributed by atoms with E-state index in [1.54, 1.807) is 0 Å². The Kier molecular flexibility index (Phi) is 10.1. The molecule has 12 heteroatoms. The summed E-state index contributed by atoms with van der Waals surface area (Å²) in [6, 6.07) is -2.31. The molecule has 0 rings (SSSR count). The smallest absolute Gasteiger partial charge is 0.475 e. The Bertz CT molecular complexity index is 387. The van der Waals surface area contributed by atoms with Gasteiger partial charge in [-0.15, -0.1) is 0 Å². The Morgan fingerprint density at radius 2 is 1.73 bits per heavy atom. The van der Waals surface area contributed by atoms with E-state index >= 15 is 0 Å². The fraction of sp³-hybridized carbons (Fsp3) is 0.700. The lowest BCUT2D eigenvalue weighted by Gasteiger charge is -2.20. The van der Waals surface area contributed by atoms with Crippen molar-refractivity contribution in [3.05, 3.63) is 0 Å². The average Bonchev–Trinajstić information content (AvgIpc) is 2.41. The molecule has 0 radical (unpaired) electrons. The molecule has 0 aromatic carbocycles. The molecular formula is C10H17F3N2O7. The topological polar surface area (TPSA) is 159 Å². The van der Waals surface area contributed by atoms with Crippen molar-refractivity contribution in [1.82, 2.24) is 5.32 Å². The second-order valence-corrected chi connectivity index (χ2v) is 3.84. The van der Waals surface area contributed by atoms with Crippen molar-refractivity contribution in [1.29, 1.82) is 0 Å². The molecule has 0 aromatic heterocycles. The number of aliphatic carboxylic acids is 1. The van der Waals surface area contributed by atoms with E-state index in [2.05, 4.69) is 10.1 Å². The first-order chi connectivity index (χ1) is 9.88. The Morgan fingerprint density at radius 3 is 1.95 bits per heavy atom. The molecule has 130 valence electrons. The molecule has 0 fully saturated rings. The maximum absolute atomic E-state index is 11.2. The molecule has 0 aliphatic heterocycles. The first-order valence-corrected chi connectivity index (χ1v) is 5.61. The van der Waals surface area contributed by atoms with Crippen molar-refractivity contribution < 1.29 is 47.6 Å². The number of hydrogen-bond donors (Lipinski definition) is 5. The number of nitrogens with one attached hydrogen (secondary N) is 1. The standard InChI is InChI=1S/C8H16N2O5.C2HF3O2/c1-4(12)6(8(14)15-2)10-7(13)5(9)3-11;3-2(4,5)1(6)7/h4-6,11-12H,3,9H2,1-2H3,(H,10,13);(H,6,7). The Balaban J connectivity index is 0. The number of esters is 1. The van der Waals surface area contributed by atoms with Gasteiger partial charge in [-0.25, -0.2) is 9.59 Å². The lowest BCUT2D eigenvalue weighted by atomic mass is 10.1. The third kappa shape index (κ3) is 9.10. The summed E-state index contributed by atoms with van der Waals surface area (Å²) in [6.45, 7) is 0.784. The highest BCUT2D eigenvalue weighted by atomic mass is 19.4. The fourth-order valence-corrected chi connectivity index (χ4v) is 0.847. The summed E-state index contributed by atoms with van der Waals surface area (Å²) in [6.07, 6.45) is -6.19. The zero-order chi connectivity index (χ0) is 18.1. The van der Waals surface area contributed by atoms with Crippen molar-refractivity contribution in [2.45, 2.75) is 31.3 Å². The van der Waals surface area contributed by atoms with Crippen LogP contribution in [-0.4, -0.2) is 71.2 Å². The summed E-state index contributed by atoms with van der Waals surface area (Å²) in [5.41, 5.74) is 5.21. The normalized spacial score (nSPS) is 14.7. The minimum atomic E-state index is -5.08. The van der Waals surface area contributed by atoms with Gasteiger partial charge in [0, 0.05) is 0 Å². The number of ether oxygens (including phenoxy) is 1. The van der Waals surface area contributed by atoms with Gasteiger partial charge in [0.2, 0.25) is 5.91 Å². The van der Waals surface area contributed by atoms with E-state index in [4.69, 9.17) is 20.7 Å². The molecule has 0 saturated heterocycles. The molecule has 1 amide bonds. The fourth-order valence-electron chi connectivity index (χ4n) is 0.847. The lowest BCUT2D eigenvalue weighted by Crippen LogP contribution is -2.53. The molecule has 0 aliphatic rings. The van der Waals surface area contributed by atoms with Crippen LogP contribution in [0.15, 0.2) is 0 Å². The van der Waals surface area contributed by atoms with Crippen LogP contribution in [0.1, 0.15) is 6.92 Å². The lowest BCUT2D eigenvalue weighted by molar-refractivity contribution is -0.192. The number of halogens is 3. The summed E-state index contributed by atoms with van der Waals surface area (Å²) in [5.74, 6) is -4.26. The molecule has 0 bridgehead atoms. The molecule has 22 heavy (non-hydrogen) atoms. The summed E-state index contributed by atoms with van der Waals surface area (Å²) < 4.78 is 36.1. The highest BCUT2D eigenvalue weighted by Gasteiger charge is 2.38. The highest BCUT2D eigenvalue weighted by molar-refractivity contribution is 5.87. The summed E-state index contributed by atoms with van der Waals surface area (Å²) in [4.78, 5) is 31.2. The number of hydrogen-bond acceptors (Lipinski definition) is 7. The zero-order valence-corrected chi connectivity index (χ0v) is 11.6. The van der Waals surface area contributed by atoms with E-state index in [0.29, 0.717) is 0 Å². The first-order valence-electron chi connectivity index (χ1n) is 5.61. The quantitative estimate of drug-likeness (QED) is 0.360. The van der Waals surface area contributed by atoms with E-state index in [9.17, 15) is 27.9 Å². The third-order valence-corrected chi connectivity index (χ3v) is 2.01. The summed E-state index contributed by atoms with van der Waals surface area (Å²) in [7, 11) is 1.13. The number of carboxylic acids is 1. The minimum absolute atomic E-state index is 0.542. The van der Waals surface area contributed by atoms with Gasteiger partial charge in [-0.05, 0) is 6.92 Å². The minimum Gasteiger partial charge on any atom is -0.475 e. The molecule has 0 aliphatic carbocycles. The van der Waals surface area contributed by atoms with E-state index in [-0.39, 0.29) is 0 Å². The van der Waals surface area contributed by atoms with Crippen LogP contribution in [-0.2, 0) is 19.1 Å². The Labute approximate surface area is 122 Å². The van der Waals surface area contributed by atoms with Gasteiger partial charge in [0.15, 0.2) is 6.04 Å². The monoisotopic (exact) mass is 334 g/mol. The van der Waals surface area contributed by atoms with Gasteiger partial charge in [0.1, 0.15) is 6.04 Å². The number of methoxy groups -OCH3 is 1. The van der Waals surface area contributed by atoms with Crippen LogP contribution in [0.3, 0.4) is 0 Å². The number of amides is 1. The molecule has 0 saturated carbocycles. The Morgan fingerprint density at radius 1 is 1.32 bits per heavy atom. The van der Waals surface area contributed by atoms with Crippen LogP contribution in [0.2, 0.25) is 0 Å². The van der Waals surface area contributed by atoms with E-state index in [1.165, 1.54) is 6.92 Å². The Hall–Kier alpha value is -1.92. The number of aliphatic hydroxyl groups excluding tert-OH is 2. The van der Waals surface area contributed by atoms with Gasteiger partial charge in [0.25, 0.3) is 0 Å². The number of rotatable bonds is 5. The summed E-state index contributed by atoms with van der Waals surface area (Å²) >= 11 is 0. The molecular weight excluding hydrogens is 317 g/mol. The molecule has 0 spiro atoms. The summed E-state index contributed by atoms with van der Waals surface area (Å²) in [5, 5.41) is 27.1. The van der Waals surface area contributed by atoms with Crippen LogP contribution >= 0.6 is 0 Å². The van der Waals surface area contributed by atoms with Gasteiger partial charge in [-0.2, -0.15) is 13.2 Å². The number of nitrogens with two attached hydrogens (primary N) is 1. The number of aliphatic hydroxyl groups is 2. The number of carbonyl (C=O) groups excluding carboxylic acids is 2. The van der Waals surface area contributed by atoms with Gasteiger partial charge < -0.3 is 31.1 Å². The van der Waals surface area contributed by atoms with Crippen molar-refractivity contribution >= 4 is 17.8 Å². The average molecular weight is 334 g/mol. The second-order valence-electron chi connectivity index (χ2n) is 3.84. The zero-order valence-electron chi connectivity index (χ0n) is 11.6. The number of alkyl halides is 3. The van der Waals surface area contributed by atoms with E-state index in [0.717, 1.165) is 7.11 Å². The highest BCUT2D eigenvalue weighted by Crippen LogP contribution is 2.13. The van der Waals surface area contributed by atoms with Crippen molar-refractivity contribution in [2.75, 3.05) is 13.7 Å². The maximum atomic E-state index is 11.2. The molecule has 0 aromatic rings. The second kappa shape index (κ2) is 9.92. The van der Waals surface area contributed by atoms with E-state index < -0.39 is 48.8 Å². The third-order valence-electron chi connectivity index (χ3n) is 2.01. The predicted octanol–water partition coefficient (Wildman–Crippen LogP) is -2.02. The predicted molar refractivity (Wildman–Crippen MR) is 64.4 cm³/mol. The molecule has 3 atom stereocenters. The van der Waals surface area contributed by atoms with Crippen LogP contribution in [0.25, 0.3) is 0 Å². The van der Waals surface area contributed by atoms with Crippen molar-refractivity contribution in [3.8, 4) is 0 Å². The molecule has 6 N–H and O–H groups in total. The SMILES string of the molecule is COC(=O)C(NC(=O)C(N)CO)C(C)O.O=C(O)C(F)(F)F. The van der Waals surface area contributed by atoms with Crippen LogP contribution in [0.5, 0.6) is 0 Å². The molecule has 9 nitrogen and oxygen atoms in total. The van der Waals surface area contributed by atoms with Crippen LogP contribution in [0.4, 0.5) is 13.2 Å². The van der Waals surface area contributed by atoms with Crippen molar-refractivity contribution in [3.63, 3.8) is 0 Å². The van der Waals surface area contributed by atoms with Crippen molar-refractivity contribution in [2.24, 2.45) is 5.73 Å². The van der Waals surface area contributed by atoms with Crippen LogP contribution < -0.4 is 11.1 Å². The van der Waals surface area contributed by atoms with E-state index in [1.807, 2.05) is 0 Å². The number of carbonyl (C=O) groups is 3. The maximum Gasteiger partial charge on any atom is 0.490 e. The van der Waals surface area contributed by atoms with Gasteiger partial charge in [0.05, 0.1) is 19.8 Å². The first kappa shape index (κ1) is 22.4. The number of carboxylic acid groups (broad SMARTS) is 1.